The number of benzene rings is 2. The van der Waals surface area contributed by atoms with E-state index in [1.54, 1.807) is 30.3 Å². The molecule has 0 saturated carbocycles. The Morgan fingerprint density at radius 1 is 1.05 bits per heavy atom. The Hall–Kier alpha value is -2.41. The standard InChI is InChI=1S/C14H14N2O4S/c1-20-13-7-9-14(10-8-13)21(18,19)16(15-17)11-12-5-3-2-4-6-12/h2-10H,11H2,1H3. The molecule has 0 bridgehead atoms. The zero-order chi connectivity index (χ0) is 15.3. The van der Waals surface area contributed by atoms with Gasteiger partial charge in [-0.3, -0.25) is 0 Å². The molecule has 0 spiro atoms. The molecular weight excluding hydrogens is 292 g/mol. The van der Waals surface area contributed by atoms with Gasteiger partial charge in [0.25, 0.3) is 10.0 Å². The molecule has 0 fully saturated rings. The molecule has 0 N–H and O–H groups in total. The lowest BCUT2D eigenvalue weighted by atomic mass is 10.2. The van der Waals surface area contributed by atoms with E-state index in [-0.39, 0.29) is 11.4 Å². The van der Waals surface area contributed by atoms with Crippen molar-refractivity contribution in [3.8, 4) is 5.75 Å². The summed E-state index contributed by atoms with van der Waals surface area (Å²) in [5.41, 5.74) is 0.675. The van der Waals surface area contributed by atoms with Crippen LogP contribution in [0.2, 0.25) is 0 Å². The van der Waals surface area contributed by atoms with Gasteiger partial charge in [0.1, 0.15) is 5.75 Å². The van der Waals surface area contributed by atoms with Crippen molar-refractivity contribution in [3.05, 3.63) is 65.1 Å². The number of ether oxygens (including phenoxy) is 1. The van der Waals surface area contributed by atoms with E-state index >= 15 is 0 Å². The normalized spacial score (nSPS) is 10.9. The van der Waals surface area contributed by atoms with Crippen LogP contribution >= 0.6 is 0 Å². The van der Waals surface area contributed by atoms with Gasteiger partial charge in [0.05, 0.1) is 23.8 Å². The van der Waals surface area contributed by atoms with Crippen LogP contribution in [0.1, 0.15) is 5.56 Å². The number of rotatable bonds is 6. The second-order valence-electron chi connectivity index (χ2n) is 4.23. The summed E-state index contributed by atoms with van der Waals surface area (Å²) >= 11 is 0. The van der Waals surface area contributed by atoms with Gasteiger partial charge in [-0.1, -0.05) is 30.3 Å². The third-order valence-electron chi connectivity index (χ3n) is 2.89. The second kappa shape index (κ2) is 6.36. The van der Waals surface area contributed by atoms with Crippen LogP contribution < -0.4 is 4.74 Å². The van der Waals surface area contributed by atoms with Gasteiger partial charge in [0.15, 0.2) is 0 Å². The summed E-state index contributed by atoms with van der Waals surface area (Å²) < 4.78 is 30.2. The first-order chi connectivity index (χ1) is 10.1. The van der Waals surface area contributed by atoms with Crippen LogP contribution in [0.4, 0.5) is 0 Å². The van der Waals surface area contributed by atoms with Gasteiger partial charge in [-0.05, 0) is 29.8 Å². The van der Waals surface area contributed by atoms with E-state index in [1.807, 2.05) is 0 Å². The molecule has 2 aromatic rings. The number of nitroso groups, excluding NO2 is 1. The van der Waals surface area contributed by atoms with Crippen LogP contribution in [0, 0.1) is 4.91 Å². The SMILES string of the molecule is COc1ccc(S(=O)(=O)N(Cc2ccccc2)N=O)cc1. The number of hydrogen-bond acceptors (Lipinski definition) is 5. The molecule has 0 atom stereocenters. The smallest absolute Gasteiger partial charge is 0.281 e. The molecule has 0 unspecified atom stereocenters. The van der Waals surface area contributed by atoms with Crippen molar-refractivity contribution in [2.45, 2.75) is 11.4 Å². The topological polar surface area (TPSA) is 76.0 Å². The first-order valence-electron chi connectivity index (χ1n) is 6.12. The summed E-state index contributed by atoms with van der Waals surface area (Å²) in [7, 11) is -2.49. The Kier molecular flexibility index (Phi) is 4.54. The first-order valence-corrected chi connectivity index (χ1v) is 7.56. The Bertz CT molecular complexity index is 700. The van der Waals surface area contributed by atoms with Crippen LogP contribution in [-0.4, -0.2) is 19.9 Å². The van der Waals surface area contributed by atoms with Crippen LogP contribution in [0.25, 0.3) is 0 Å². The molecule has 110 valence electrons. The van der Waals surface area contributed by atoms with E-state index < -0.39 is 10.0 Å². The van der Waals surface area contributed by atoms with Crippen LogP contribution in [0.15, 0.2) is 64.8 Å². The third kappa shape index (κ3) is 3.38. The zero-order valence-corrected chi connectivity index (χ0v) is 12.2. The molecule has 2 aromatic carbocycles. The van der Waals surface area contributed by atoms with Crippen LogP contribution in [0.3, 0.4) is 0 Å². The molecule has 21 heavy (non-hydrogen) atoms. The second-order valence-corrected chi connectivity index (χ2v) is 6.07. The molecule has 0 heterocycles. The lowest BCUT2D eigenvalue weighted by molar-refractivity contribution is 0.413. The van der Waals surface area contributed by atoms with Gasteiger partial charge >= 0.3 is 0 Å². The van der Waals surface area contributed by atoms with Gasteiger partial charge < -0.3 is 4.74 Å². The maximum Gasteiger partial charge on any atom is 0.281 e. The van der Waals surface area contributed by atoms with Crippen LogP contribution in [0.5, 0.6) is 5.75 Å². The minimum atomic E-state index is -3.98. The van der Waals surface area contributed by atoms with Gasteiger partial charge in [0, 0.05) is 0 Å². The summed E-state index contributed by atoms with van der Waals surface area (Å²) in [6.45, 7) is -0.112. The number of sulfonamides is 1. The average Bonchev–Trinajstić information content (AvgIpc) is 2.53. The largest absolute Gasteiger partial charge is 0.497 e. The predicted molar refractivity (Wildman–Crippen MR) is 78.0 cm³/mol. The van der Waals surface area contributed by atoms with E-state index in [4.69, 9.17) is 4.74 Å². The molecule has 0 aromatic heterocycles. The number of hydrogen-bond donors (Lipinski definition) is 0. The van der Waals surface area contributed by atoms with E-state index in [2.05, 4.69) is 5.29 Å². The van der Waals surface area contributed by atoms with Gasteiger partial charge in [-0.2, -0.15) is 8.42 Å². The summed E-state index contributed by atoms with van der Waals surface area (Å²) in [5.74, 6) is 0.530. The van der Waals surface area contributed by atoms with Gasteiger partial charge in [-0.25, -0.2) is 0 Å². The highest BCUT2D eigenvalue weighted by Crippen LogP contribution is 2.21. The van der Waals surface area contributed by atoms with E-state index in [1.165, 1.54) is 31.4 Å². The Labute approximate surface area is 123 Å². The van der Waals surface area contributed by atoms with Crippen molar-refractivity contribution in [1.82, 2.24) is 4.41 Å². The quantitative estimate of drug-likeness (QED) is 0.607. The minimum absolute atomic E-state index is 0.0150. The molecule has 0 amide bonds. The summed E-state index contributed by atoms with van der Waals surface area (Å²) in [5, 5.41) is 2.64. The van der Waals surface area contributed by atoms with Crippen molar-refractivity contribution in [1.29, 1.82) is 0 Å². The number of nitrogens with zero attached hydrogens (tertiary/aromatic N) is 2. The highest BCUT2D eigenvalue weighted by molar-refractivity contribution is 7.89. The minimum Gasteiger partial charge on any atom is -0.497 e. The van der Waals surface area contributed by atoms with Crippen molar-refractivity contribution in [2.75, 3.05) is 7.11 Å². The van der Waals surface area contributed by atoms with Gasteiger partial charge in [-0.15, -0.1) is 9.32 Å². The van der Waals surface area contributed by atoms with Gasteiger partial charge in [0.2, 0.25) is 0 Å². The van der Waals surface area contributed by atoms with E-state index in [9.17, 15) is 13.3 Å². The fourth-order valence-corrected chi connectivity index (χ4v) is 2.90. The molecule has 7 heteroatoms. The Balaban J connectivity index is 2.28. The third-order valence-corrected chi connectivity index (χ3v) is 4.51. The van der Waals surface area contributed by atoms with E-state index in [0.29, 0.717) is 15.7 Å². The molecule has 0 aliphatic heterocycles. The highest BCUT2D eigenvalue weighted by atomic mass is 32.2. The molecule has 0 aliphatic rings. The molecular formula is C14H14N2O4S. The Morgan fingerprint density at radius 2 is 1.67 bits per heavy atom. The van der Waals surface area contributed by atoms with Crippen molar-refractivity contribution >= 4 is 10.0 Å². The summed E-state index contributed by atoms with van der Waals surface area (Å²) in [4.78, 5) is 10.9. The maximum absolute atomic E-state index is 12.4. The lowest BCUT2D eigenvalue weighted by Gasteiger charge is -2.15. The fourth-order valence-electron chi connectivity index (χ4n) is 1.77. The summed E-state index contributed by atoms with van der Waals surface area (Å²) in [6, 6.07) is 14.5. The first kappa shape index (κ1) is 15.0. The molecule has 0 aliphatic carbocycles. The molecule has 0 radical (unpaired) electrons. The zero-order valence-electron chi connectivity index (χ0n) is 11.3. The van der Waals surface area contributed by atoms with Crippen molar-refractivity contribution in [2.24, 2.45) is 5.29 Å². The van der Waals surface area contributed by atoms with Crippen LogP contribution in [-0.2, 0) is 16.6 Å². The Morgan fingerprint density at radius 3 is 2.19 bits per heavy atom. The lowest BCUT2D eigenvalue weighted by Crippen LogP contribution is -2.25. The monoisotopic (exact) mass is 306 g/mol. The summed E-state index contributed by atoms with van der Waals surface area (Å²) in [6.07, 6.45) is 0. The molecule has 2 rings (SSSR count). The van der Waals surface area contributed by atoms with E-state index in [0.717, 1.165) is 0 Å². The van der Waals surface area contributed by atoms with Crippen molar-refractivity contribution < 1.29 is 13.2 Å². The maximum atomic E-state index is 12.4. The fraction of sp³-hybridized carbons (Fsp3) is 0.143. The highest BCUT2D eigenvalue weighted by Gasteiger charge is 2.24. The average molecular weight is 306 g/mol. The van der Waals surface area contributed by atoms with Crippen molar-refractivity contribution in [3.63, 3.8) is 0 Å². The molecule has 0 saturated heterocycles. The predicted octanol–water partition coefficient (Wildman–Crippen LogP) is 2.57. The number of methoxy groups -OCH3 is 1. The molecule has 6 nitrogen and oxygen atoms in total.